The molecule has 0 fully saturated rings. The molecule has 0 aliphatic carbocycles. The molecular formula is C17H9ClF3N3O3. The number of anilines is 1. The highest BCUT2D eigenvalue weighted by atomic mass is 35.5. The van der Waals surface area contributed by atoms with Crippen molar-refractivity contribution in [2.45, 2.75) is 0 Å². The molecule has 10 heteroatoms. The van der Waals surface area contributed by atoms with E-state index in [-0.39, 0.29) is 22.5 Å². The third-order valence-corrected chi connectivity index (χ3v) is 3.63. The molecule has 2 N–H and O–H groups in total. The summed E-state index contributed by atoms with van der Waals surface area (Å²) in [6.45, 7) is 0. The molecule has 0 aliphatic heterocycles. The molecule has 138 valence electrons. The molecule has 27 heavy (non-hydrogen) atoms. The van der Waals surface area contributed by atoms with Gasteiger partial charge in [0.1, 0.15) is 22.8 Å². The number of phenols is 1. The van der Waals surface area contributed by atoms with E-state index in [1.165, 1.54) is 24.3 Å². The van der Waals surface area contributed by atoms with Gasteiger partial charge in [-0.15, -0.1) is 0 Å². The largest absolute Gasteiger partial charge is 0.508 e. The van der Waals surface area contributed by atoms with E-state index in [0.717, 1.165) is 6.33 Å². The Kier molecular flexibility index (Phi) is 5.13. The van der Waals surface area contributed by atoms with Crippen LogP contribution in [0.1, 0.15) is 10.4 Å². The van der Waals surface area contributed by atoms with Gasteiger partial charge in [-0.05, 0) is 36.4 Å². The van der Waals surface area contributed by atoms with E-state index < -0.39 is 28.9 Å². The van der Waals surface area contributed by atoms with Crippen LogP contribution in [-0.4, -0.2) is 21.0 Å². The van der Waals surface area contributed by atoms with E-state index in [9.17, 15) is 23.1 Å². The van der Waals surface area contributed by atoms with Crippen molar-refractivity contribution in [3.63, 3.8) is 0 Å². The Morgan fingerprint density at radius 2 is 1.70 bits per heavy atom. The molecule has 0 saturated heterocycles. The van der Waals surface area contributed by atoms with Crippen LogP contribution in [0.2, 0.25) is 5.02 Å². The summed E-state index contributed by atoms with van der Waals surface area (Å²) in [6.07, 6.45) is 1.04. The molecule has 1 amide bonds. The number of hydrogen-bond acceptors (Lipinski definition) is 5. The predicted octanol–water partition coefficient (Wildman–Crippen LogP) is 4.30. The highest BCUT2D eigenvalue weighted by Crippen LogP contribution is 2.32. The van der Waals surface area contributed by atoms with Gasteiger partial charge in [0.05, 0.1) is 0 Å². The van der Waals surface area contributed by atoms with Gasteiger partial charge in [-0.1, -0.05) is 11.6 Å². The van der Waals surface area contributed by atoms with Gasteiger partial charge in [0.25, 0.3) is 5.91 Å². The molecule has 0 radical (unpaired) electrons. The van der Waals surface area contributed by atoms with Crippen molar-refractivity contribution >= 4 is 23.3 Å². The van der Waals surface area contributed by atoms with Crippen LogP contribution >= 0.6 is 11.6 Å². The van der Waals surface area contributed by atoms with Crippen molar-refractivity contribution in [1.29, 1.82) is 0 Å². The zero-order valence-electron chi connectivity index (χ0n) is 13.2. The Labute approximate surface area is 155 Å². The average Bonchev–Trinajstić information content (AvgIpc) is 2.64. The fraction of sp³-hybridized carbons (Fsp3) is 0. The first kappa shape index (κ1) is 18.5. The van der Waals surface area contributed by atoms with Crippen molar-refractivity contribution in [3.05, 3.63) is 70.8 Å². The number of hydrogen-bond donors (Lipinski definition) is 2. The first-order valence-corrected chi connectivity index (χ1v) is 7.66. The molecular weight excluding hydrogens is 387 g/mol. The lowest BCUT2D eigenvalue weighted by Gasteiger charge is -2.10. The third-order valence-electron chi connectivity index (χ3n) is 3.29. The van der Waals surface area contributed by atoms with Gasteiger partial charge in [0, 0.05) is 5.56 Å². The van der Waals surface area contributed by atoms with Gasteiger partial charge < -0.3 is 15.2 Å². The zero-order chi connectivity index (χ0) is 19.6. The van der Waals surface area contributed by atoms with Gasteiger partial charge in [-0.3, -0.25) is 4.79 Å². The predicted molar refractivity (Wildman–Crippen MR) is 89.5 cm³/mol. The molecule has 0 unspecified atom stereocenters. The van der Waals surface area contributed by atoms with Crippen LogP contribution in [0.5, 0.6) is 17.4 Å². The molecule has 0 aliphatic rings. The molecule has 6 nitrogen and oxygen atoms in total. The fourth-order valence-electron chi connectivity index (χ4n) is 2.00. The van der Waals surface area contributed by atoms with E-state index in [2.05, 4.69) is 15.3 Å². The van der Waals surface area contributed by atoms with E-state index in [4.69, 9.17) is 16.3 Å². The second kappa shape index (κ2) is 7.50. The fourth-order valence-corrected chi connectivity index (χ4v) is 2.19. The summed E-state index contributed by atoms with van der Waals surface area (Å²) < 4.78 is 45.0. The third kappa shape index (κ3) is 4.09. The number of carbonyl (C=O) groups is 1. The lowest BCUT2D eigenvalue weighted by Crippen LogP contribution is -2.15. The number of nitrogens with zero attached hydrogens (tertiary/aromatic N) is 2. The number of aromatic nitrogens is 2. The average molecular weight is 396 g/mol. The van der Waals surface area contributed by atoms with E-state index in [1.54, 1.807) is 0 Å². The Morgan fingerprint density at radius 1 is 1.07 bits per heavy atom. The number of phenolic OH excluding ortho intramolecular Hbond substituents is 1. The van der Waals surface area contributed by atoms with Crippen molar-refractivity contribution < 1.29 is 27.8 Å². The first-order valence-electron chi connectivity index (χ1n) is 7.28. The van der Waals surface area contributed by atoms with E-state index in [0.29, 0.717) is 17.9 Å². The molecule has 1 heterocycles. The smallest absolute Gasteiger partial charge is 0.257 e. The standard InChI is InChI=1S/C17H9ClF3N3O3/c18-13-15(24-16(26)8-5-11(19)14(21)12(20)6-8)22-7-23-17(13)27-10-3-1-9(25)2-4-10/h1-7,25H,(H,22,23,24,26). The highest BCUT2D eigenvalue weighted by molar-refractivity contribution is 6.34. The maximum atomic E-state index is 13.3. The van der Waals surface area contributed by atoms with Crippen molar-refractivity contribution in [3.8, 4) is 17.4 Å². The number of benzene rings is 2. The highest BCUT2D eigenvalue weighted by Gasteiger charge is 2.18. The SMILES string of the molecule is O=C(Nc1ncnc(Oc2ccc(O)cc2)c1Cl)c1cc(F)c(F)c(F)c1. The van der Waals surface area contributed by atoms with E-state index in [1.807, 2.05) is 0 Å². The summed E-state index contributed by atoms with van der Waals surface area (Å²) >= 11 is 6.09. The maximum absolute atomic E-state index is 13.3. The quantitative estimate of drug-likeness (QED) is 0.643. The Balaban J connectivity index is 1.83. The lowest BCUT2D eigenvalue weighted by molar-refractivity contribution is 0.102. The first-order chi connectivity index (χ1) is 12.8. The molecule has 0 atom stereocenters. The summed E-state index contributed by atoms with van der Waals surface area (Å²) in [5.74, 6) is -5.63. The van der Waals surface area contributed by atoms with Crippen LogP contribution in [0.25, 0.3) is 0 Å². The summed E-state index contributed by atoms with van der Waals surface area (Å²) in [6, 6.07) is 6.75. The number of halogens is 4. The Bertz CT molecular complexity index is 993. The number of nitrogens with one attached hydrogen (secondary N) is 1. The van der Waals surface area contributed by atoms with Gasteiger partial charge in [-0.25, -0.2) is 18.2 Å². The zero-order valence-corrected chi connectivity index (χ0v) is 14.0. The molecule has 3 rings (SSSR count). The number of amides is 1. The van der Waals surface area contributed by atoms with E-state index >= 15 is 0 Å². The van der Waals surface area contributed by atoms with Crippen LogP contribution in [0.4, 0.5) is 19.0 Å². The van der Waals surface area contributed by atoms with Gasteiger partial charge in [-0.2, -0.15) is 4.98 Å². The van der Waals surface area contributed by atoms with Crippen molar-refractivity contribution in [2.24, 2.45) is 0 Å². The van der Waals surface area contributed by atoms with Gasteiger partial charge in [0.15, 0.2) is 23.3 Å². The molecule has 0 saturated carbocycles. The molecule has 2 aromatic carbocycles. The summed E-state index contributed by atoms with van der Waals surface area (Å²) in [7, 11) is 0. The normalized spacial score (nSPS) is 10.5. The Morgan fingerprint density at radius 3 is 2.33 bits per heavy atom. The summed E-state index contributed by atoms with van der Waals surface area (Å²) in [4.78, 5) is 19.7. The number of aromatic hydroxyl groups is 1. The van der Waals surface area contributed by atoms with Crippen LogP contribution in [0.3, 0.4) is 0 Å². The Hall–Kier alpha value is -3.33. The van der Waals surface area contributed by atoms with Crippen molar-refractivity contribution in [2.75, 3.05) is 5.32 Å². The minimum atomic E-state index is -1.68. The maximum Gasteiger partial charge on any atom is 0.257 e. The van der Waals surface area contributed by atoms with Crippen LogP contribution < -0.4 is 10.1 Å². The number of carbonyl (C=O) groups excluding carboxylic acids is 1. The van der Waals surface area contributed by atoms with Crippen molar-refractivity contribution in [1.82, 2.24) is 9.97 Å². The molecule has 1 aromatic heterocycles. The second-order valence-corrected chi connectivity index (χ2v) is 5.52. The summed E-state index contributed by atoms with van der Waals surface area (Å²) in [5.41, 5.74) is -0.470. The summed E-state index contributed by atoms with van der Waals surface area (Å²) in [5, 5.41) is 11.3. The van der Waals surface area contributed by atoms with Crippen LogP contribution in [0, 0.1) is 17.5 Å². The second-order valence-electron chi connectivity index (χ2n) is 5.15. The van der Waals surface area contributed by atoms with Crippen LogP contribution in [-0.2, 0) is 0 Å². The molecule has 3 aromatic rings. The van der Waals surface area contributed by atoms with Gasteiger partial charge >= 0.3 is 0 Å². The number of rotatable bonds is 4. The topological polar surface area (TPSA) is 84.3 Å². The lowest BCUT2D eigenvalue weighted by atomic mass is 10.2. The van der Waals surface area contributed by atoms with Crippen LogP contribution in [0.15, 0.2) is 42.7 Å². The minimum Gasteiger partial charge on any atom is -0.508 e. The van der Waals surface area contributed by atoms with Gasteiger partial charge in [0.2, 0.25) is 5.88 Å². The monoisotopic (exact) mass is 395 g/mol. The number of ether oxygens (including phenoxy) is 1. The molecule has 0 bridgehead atoms. The molecule has 0 spiro atoms. The minimum absolute atomic E-state index is 0.0304.